The first-order valence-corrected chi connectivity index (χ1v) is 11.4. The summed E-state index contributed by atoms with van der Waals surface area (Å²) >= 11 is 0. The van der Waals surface area contributed by atoms with Gasteiger partial charge in [-0.3, -0.25) is 24.3 Å². The second kappa shape index (κ2) is 8.10. The fourth-order valence-electron chi connectivity index (χ4n) is 5.06. The van der Waals surface area contributed by atoms with Gasteiger partial charge in [-0.25, -0.2) is 0 Å². The summed E-state index contributed by atoms with van der Waals surface area (Å²) in [5.41, 5.74) is 2.43. The number of nitrogens with zero attached hydrogens (tertiary/aromatic N) is 3. The first-order valence-electron chi connectivity index (χ1n) is 11.4. The average molecular weight is 442 g/mol. The summed E-state index contributed by atoms with van der Waals surface area (Å²) in [6, 6.07) is 17.4. The summed E-state index contributed by atoms with van der Waals surface area (Å²) in [5.74, 6) is -0.542. The molecule has 1 aliphatic carbocycles. The third-order valence-electron chi connectivity index (χ3n) is 6.94. The molecule has 6 nitrogen and oxygen atoms in total. The van der Waals surface area contributed by atoms with Crippen molar-refractivity contribution in [3.8, 4) is 0 Å². The summed E-state index contributed by atoms with van der Waals surface area (Å²) < 4.78 is 0. The van der Waals surface area contributed by atoms with E-state index in [1.807, 2.05) is 61.5 Å². The standard InChI is InChI=1S/C27H27N3O3/c1-18-7-3-4-10-22(18)27(16-25(32)30(26(27)33)20-12-13-20)15-24(31)29(2)17-19-8-5-11-23-21(19)9-6-14-28-23/h3-11,14,20H,12-13,15-17H2,1-2H3/t27-/m0/s1. The number of fused-ring (bicyclic) bond motifs is 1. The van der Waals surface area contributed by atoms with Gasteiger partial charge in [0.1, 0.15) is 0 Å². The van der Waals surface area contributed by atoms with E-state index in [0.29, 0.717) is 6.54 Å². The van der Waals surface area contributed by atoms with Crippen LogP contribution in [-0.2, 0) is 26.3 Å². The molecule has 0 bridgehead atoms. The molecule has 0 radical (unpaired) electrons. The number of aromatic nitrogens is 1. The van der Waals surface area contributed by atoms with Crippen molar-refractivity contribution in [1.82, 2.24) is 14.8 Å². The molecule has 168 valence electrons. The fraction of sp³-hybridized carbons (Fsp3) is 0.333. The van der Waals surface area contributed by atoms with Crippen molar-refractivity contribution in [2.75, 3.05) is 7.05 Å². The first-order chi connectivity index (χ1) is 15.9. The number of carbonyl (C=O) groups is 3. The lowest BCUT2D eigenvalue weighted by molar-refractivity contribution is -0.143. The highest BCUT2D eigenvalue weighted by molar-refractivity contribution is 6.11. The van der Waals surface area contributed by atoms with E-state index >= 15 is 0 Å². The van der Waals surface area contributed by atoms with Gasteiger partial charge in [-0.15, -0.1) is 0 Å². The second-order valence-corrected chi connectivity index (χ2v) is 9.29. The third-order valence-corrected chi connectivity index (χ3v) is 6.94. The molecule has 2 heterocycles. The van der Waals surface area contributed by atoms with Crippen molar-refractivity contribution in [3.05, 3.63) is 77.5 Å². The Hall–Kier alpha value is -3.54. The number of likely N-dealkylation sites (tertiary alicyclic amines) is 1. The number of imide groups is 1. The average Bonchev–Trinajstić information content (AvgIpc) is 3.60. The molecule has 1 saturated heterocycles. The molecule has 3 aromatic rings. The molecule has 6 heteroatoms. The Morgan fingerprint density at radius 1 is 1.09 bits per heavy atom. The minimum absolute atomic E-state index is 0.00749. The molecule has 5 rings (SSSR count). The van der Waals surface area contributed by atoms with Gasteiger partial charge in [0, 0.05) is 44.1 Å². The highest BCUT2D eigenvalue weighted by Crippen LogP contribution is 2.45. The normalized spacial score (nSPS) is 20.5. The molecule has 33 heavy (non-hydrogen) atoms. The van der Waals surface area contributed by atoms with Crippen molar-refractivity contribution in [2.24, 2.45) is 0 Å². The molecule has 2 fully saturated rings. The quantitative estimate of drug-likeness (QED) is 0.546. The Kier molecular flexibility index (Phi) is 5.23. The smallest absolute Gasteiger partial charge is 0.241 e. The Bertz CT molecular complexity index is 1260. The lowest BCUT2D eigenvalue weighted by atomic mass is 9.74. The molecule has 1 saturated carbocycles. The van der Waals surface area contributed by atoms with Crippen molar-refractivity contribution >= 4 is 28.6 Å². The van der Waals surface area contributed by atoms with E-state index in [0.717, 1.165) is 40.4 Å². The SMILES string of the molecule is Cc1ccccc1[C@]1(CC(=O)N(C)Cc2cccc3ncccc23)CC(=O)N(C2CC2)C1=O. The van der Waals surface area contributed by atoms with Crippen LogP contribution < -0.4 is 0 Å². The number of amides is 3. The topological polar surface area (TPSA) is 70.6 Å². The summed E-state index contributed by atoms with van der Waals surface area (Å²) in [7, 11) is 1.75. The Balaban J connectivity index is 1.46. The number of pyridine rings is 1. The number of aryl methyl sites for hydroxylation is 1. The van der Waals surface area contributed by atoms with E-state index in [4.69, 9.17) is 0 Å². The number of benzene rings is 2. The molecule has 1 aromatic heterocycles. The van der Waals surface area contributed by atoms with Crippen LogP contribution in [0.2, 0.25) is 0 Å². The zero-order valence-corrected chi connectivity index (χ0v) is 19.0. The van der Waals surface area contributed by atoms with Crippen LogP contribution in [0.1, 0.15) is 42.4 Å². The number of hydrogen-bond donors (Lipinski definition) is 0. The molecular formula is C27H27N3O3. The van der Waals surface area contributed by atoms with Crippen molar-refractivity contribution in [1.29, 1.82) is 0 Å². The molecule has 0 unspecified atom stereocenters. The van der Waals surface area contributed by atoms with Crippen LogP contribution in [0.4, 0.5) is 0 Å². The maximum absolute atomic E-state index is 13.7. The Morgan fingerprint density at radius 3 is 2.64 bits per heavy atom. The van der Waals surface area contributed by atoms with Gasteiger partial charge < -0.3 is 4.90 Å². The van der Waals surface area contributed by atoms with Gasteiger partial charge in [0.05, 0.1) is 10.9 Å². The van der Waals surface area contributed by atoms with Crippen LogP contribution in [0, 0.1) is 6.92 Å². The summed E-state index contributed by atoms with van der Waals surface area (Å²) in [6.45, 7) is 2.34. The number of hydrogen-bond acceptors (Lipinski definition) is 4. The maximum atomic E-state index is 13.7. The summed E-state index contributed by atoms with van der Waals surface area (Å²) in [6.07, 6.45) is 3.48. The minimum Gasteiger partial charge on any atom is -0.341 e. The maximum Gasteiger partial charge on any atom is 0.241 e. The monoisotopic (exact) mass is 441 g/mol. The van der Waals surface area contributed by atoms with E-state index < -0.39 is 5.41 Å². The van der Waals surface area contributed by atoms with Crippen molar-refractivity contribution in [3.63, 3.8) is 0 Å². The van der Waals surface area contributed by atoms with Crippen LogP contribution in [0.5, 0.6) is 0 Å². The van der Waals surface area contributed by atoms with Crippen molar-refractivity contribution < 1.29 is 14.4 Å². The second-order valence-electron chi connectivity index (χ2n) is 9.29. The number of rotatable bonds is 6. The van der Waals surface area contributed by atoms with E-state index in [1.54, 1.807) is 18.1 Å². The van der Waals surface area contributed by atoms with E-state index in [1.165, 1.54) is 4.90 Å². The van der Waals surface area contributed by atoms with Crippen LogP contribution in [0.3, 0.4) is 0 Å². The largest absolute Gasteiger partial charge is 0.341 e. The van der Waals surface area contributed by atoms with Crippen LogP contribution >= 0.6 is 0 Å². The van der Waals surface area contributed by atoms with Crippen LogP contribution in [0.15, 0.2) is 60.8 Å². The molecule has 0 spiro atoms. The zero-order valence-electron chi connectivity index (χ0n) is 19.0. The first kappa shape index (κ1) is 21.3. The molecule has 0 N–H and O–H groups in total. The van der Waals surface area contributed by atoms with Crippen LogP contribution in [-0.4, -0.2) is 45.6 Å². The summed E-state index contributed by atoms with van der Waals surface area (Å²) in [4.78, 5) is 47.6. The Labute approximate surface area is 193 Å². The van der Waals surface area contributed by atoms with E-state index in [2.05, 4.69) is 4.98 Å². The van der Waals surface area contributed by atoms with Gasteiger partial charge in [-0.1, -0.05) is 42.5 Å². The Morgan fingerprint density at radius 2 is 1.88 bits per heavy atom. The highest BCUT2D eigenvalue weighted by Gasteiger charge is 2.57. The molecule has 2 aliphatic rings. The minimum atomic E-state index is -1.14. The molecular weight excluding hydrogens is 414 g/mol. The highest BCUT2D eigenvalue weighted by atomic mass is 16.2. The van der Waals surface area contributed by atoms with Crippen LogP contribution in [0.25, 0.3) is 10.9 Å². The van der Waals surface area contributed by atoms with E-state index in [-0.39, 0.29) is 36.6 Å². The van der Waals surface area contributed by atoms with Gasteiger partial charge >= 0.3 is 0 Å². The molecule has 1 atom stereocenters. The van der Waals surface area contributed by atoms with Gasteiger partial charge in [-0.05, 0) is 48.6 Å². The lowest BCUT2D eigenvalue weighted by Gasteiger charge is -2.30. The molecule has 1 aliphatic heterocycles. The number of carbonyl (C=O) groups excluding carboxylic acids is 3. The van der Waals surface area contributed by atoms with Gasteiger partial charge in [0.25, 0.3) is 0 Å². The zero-order chi connectivity index (χ0) is 23.2. The van der Waals surface area contributed by atoms with E-state index in [9.17, 15) is 14.4 Å². The van der Waals surface area contributed by atoms with Gasteiger partial charge in [0.2, 0.25) is 17.7 Å². The molecule has 3 amide bonds. The predicted molar refractivity (Wildman–Crippen MR) is 125 cm³/mol. The lowest BCUT2D eigenvalue weighted by Crippen LogP contribution is -2.43. The predicted octanol–water partition coefficient (Wildman–Crippen LogP) is 3.75. The summed E-state index contributed by atoms with van der Waals surface area (Å²) in [5, 5.41) is 1.00. The van der Waals surface area contributed by atoms with Gasteiger partial charge in [-0.2, -0.15) is 0 Å². The van der Waals surface area contributed by atoms with Gasteiger partial charge in [0.15, 0.2) is 0 Å². The third kappa shape index (κ3) is 3.69. The fourth-order valence-corrected chi connectivity index (χ4v) is 5.06. The molecule has 2 aromatic carbocycles. The van der Waals surface area contributed by atoms with Crippen molar-refractivity contribution in [2.45, 2.75) is 50.6 Å².